The molecule has 2 heterocycles. The molecule has 0 unspecified atom stereocenters. The molecule has 2 heteroatoms. The molecule has 0 saturated heterocycles. The first-order valence-electron chi connectivity index (χ1n) is 5.70. The number of hydrogen-bond acceptors (Lipinski definition) is 2. The Morgan fingerprint density at radius 1 is 1.07 bits per heavy atom. The van der Waals surface area contributed by atoms with Crippen LogP contribution in [0.5, 0.6) is 0 Å². The number of nitrogens with one attached hydrogen (secondary N) is 2. The third-order valence-electron chi connectivity index (χ3n) is 3.25. The van der Waals surface area contributed by atoms with Gasteiger partial charge < -0.3 is 10.6 Å². The van der Waals surface area contributed by atoms with Crippen LogP contribution in [0.2, 0.25) is 0 Å². The van der Waals surface area contributed by atoms with Gasteiger partial charge in [-0.1, -0.05) is 12.1 Å². The van der Waals surface area contributed by atoms with Gasteiger partial charge in [-0.2, -0.15) is 0 Å². The van der Waals surface area contributed by atoms with Gasteiger partial charge in [-0.3, -0.25) is 0 Å². The lowest BCUT2D eigenvalue weighted by Crippen LogP contribution is -2.20. The van der Waals surface area contributed by atoms with Gasteiger partial charge in [0.25, 0.3) is 0 Å². The van der Waals surface area contributed by atoms with Gasteiger partial charge in [0.05, 0.1) is 0 Å². The molecule has 0 saturated carbocycles. The molecule has 3 rings (SSSR count). The van der Waals surface area contributed by atoms with Gasteiger partial charge in [-0.15, -0.1) is 0 Å². The van der Waals surface area contributed by atoms with Crippen molar-refractivity contribution in [3.05, 3.63) is 35.4 Å². The highest BCUT2D eigenvalue weighted by Gasteiger charge is 2.12. The van der Waals surface area contributed by atoms with Gasteiger partial charge in [0.15, 0.2) is 0 Å². The van der Waals surface area contributed by atoms with E-state index in [0.717, 1.165) is 26.1 Å². The Bertz CT molecular complexity index is 407. The molecule has 2 nitrogen and oxygen atoms in total. The van der Waals surface area contributed by atoms with Crippen molar-refractivity contribution in [1.29, 1.82) is 0 Å². The summed E-state index contributed by atoms with van der Waals surface area (Å²) >= 11 is 0. The van der Waals surface area contributed by atoms with E-state index in [1.165, 1.54) is 28.8 Å². The zero-order valence-corrected chi connectivity index (χ0v) is 8.84. The average Bonchev–Trinajstić information content (AvgIpc) is 2.77. The lowest BCUT2D eigenvalue weighted by molar-refractivity contribution is 0.738. The highest BCUT2D eigenvalue weighted by Crippen LogP contribution is 2.27. The Balaban J connectivity index is 1.95. The summed E-state index contributed by atoms with van der Waals surface area (Å²) in [5.41, 5.74) is 5.72. The molecule has 0 amide bonds. The molecule has 2 N–H and O–H groups in total. The van der Waals surface area contributed by atoms with E-state index in [1.54, 1.807) is 0 Å². The minimum atomic E-state index is 1.02. The smallest absolute Gasteiger partial charge is 0.0373 e. The van der Waals surface area contributed by atoms with Crippen molar-refractivity contribution in [2.24, 2.45) is 0 Å². The second-order valence-corrected chi connectivity index (χ2v) is 4.23. The maximum atomic E-state index is 3.40. The average molecular weight is 200 g/mol. The molecule has 2 aliphatic rings. The Morgan fingerprint density at radius 2 is 2.07 bits per heavy atom. The van der Waals surface area contributed by atoms with Crippen molar-refractivity contribution in [3.63, 3.8) is 0 Å². The quantitative estimate of drug-likeness (QED) is 0.725. The van der Waals surface area contributed by atoms with Crippen LogP contribution in [0.4, 0.5) is 5.69 Å². The molecule has 0 aromatic heterocycles. The highest BCUT2D eigenvalue weighted by atomic mass is 14.9. The second-order valence-electron chi connectivity index (χ2n) is 4.23. The fraction of sp³-hybridized carbons (Fsp3) is 0.385. The molecule has 0 radical (unpaired) electrons. The number of fused-ring (bicyclic) bond motifs is 1. The fourth-order valence-corrected chi connectivity index (χ4v) is 2.39. The van der Waals surface area contributed by atoms with Crippen molar-refractivity contribution in [1.82, 2.24) is 5.32 Å². The largest absolute Gasteiger partial charge is 0.384 e. The van der Waals surface area contributed by atoms with Crippen LogP contribution in [0, 0.1) is 0 Å². The molecule has 78 valence electrons. The summed E-state index contributed by atoms with van der Waals surface area (Å²) in [4.78, 5) is 0. The van der Waals surface area contributed by atoms with Crippen LogP contribution in [-0.4, -0.2) is 19.6 Å². The van der Waals surface area contributed by atoms with Crippen LogP contribution in [0.25, 0.3) is 5.57 Å². The van der Waals surface area contributed by atoms with E-state index in [1.807, 2.05) is 0 Å². The predicted molar refractivity (Wildman–Crippen MR) is 64.1 cm³/mol. The van der Waals surface area contributed by atoms with Gasteiger partial charge in [0, 0.05) is 18.8 Å². The lowest BCUT2D eigenvalue weighted by Gasteiger charge is -2.15. The number of rotatable bonds is 1. The third-order valence-corrected chi connectivity index (χ3v) is 3.25. The van der Waals surface area contributed by atoms with E-state index in [-0.39, 0.29) is 0 Å². The molecule has 1 aromatic carbocycles. The van der Waals surface area contributed by atoms with E-state index >= 15 is 0 Å². The van der Waals surface area contributed by atoms with Gasteiger partial charge in [0.1, 0.15) is 0 Å². The SMILES string of the molecule is C1=C(c2ccc3c(c2)CCN3)CCNC1. The summed E-state index contributed by atoms with van der Waals surface area (Å²) in [6, 6.07) is 6.82. The maximum Gasteiger partial charge on any atom is 0.0373 e. The molecule has 0 atom stereocenters. The van der Waals surface area contributed by atoms with Gasteiger partial charge in [-0.25, -0.2) is 0 Å². The monoisotopic (exact) mass is 200 g/mol. The molecule has 0 spiro atoms. The van der Waals surface area contributed by atoms with Crippen molar-refractivity contribution in [3.8, 4) is 0 Å². The molecule has 15 heavy (non-hydrogen) atoms. The van der Waals surface area contributed by atoms with Gasteiger partial charge in [0.2, 0.25) is 0 Å². The summed E-state index contributed by atoms with van der Waals surface area (Å²) in [5, 5.41) is 6.75. The number of hydrogen-bond donors (Lipinski definition) is 2. The van der Waals surface area contributed by atoms with Crippen LogP contribution in [0.1, 0.15) is 17.5 Å². The van der Waals surface area contributed by atoms with Crippen molar-refractivity contribution in [2.45, 2.75) is 12.8 Å². The Kier molecular flexibility index (Phi) is 2.22. The zero-order valence-electron chi connectivity index (χ0n) is 8.84. The minimum absolute atomic E-state index is 1.02. The standard InChI is InChI=1S/C13H16N2/c1-2-13-12(5-8-15-13)9-11(1)10-3-6-14-7-4-10/h1-3,9,14-15H,4-8H2. The molecule has 2 aliphatic heterocycles. The maximum absolute atomic E-state index is 3.40. The van der Waals surface area contributed by atoms with E-state index in [2.05, 4.69) is 34.9 Å². The summed E-state index contributed by atoms with van der Waals surface area (Å²) in [6.45, 7) is 3.23. The summed E-state index contributed by atoms with van der Waals surface area (Å²) in [5.74, 6) is 0. The van der Waals surface area contributed by atoms with Gasteiger partial charge >= 0.3 is 0 Å². The van der Waals surface area contributed by atoms with Crippen LogP contribution < -0.4 is 10.6 Å². The van der Waals surface area contributed by atoms with Crippen molar-refractivity contribution in [2.75, 3.05) is 25.0 Å². The summed E-state index contributed by atoms with van der Waals surface area (Å²) in [6.07, 6.45) is 4.65. The molecule has 0 fully saturated rings. The highest BCUT2D eigenvalue weighted by molar-refractivity contribution is 5.70. The lowest BCUT2D eigenvalue weighted by atomic mass is 9.98. The molecular weight excluding hydrogens is 184 g/mol. The molecular formula is C13H16N2. The Hall–Kier alpha value is -1.28. The van der Waals surface area contributed by atoms with E-state index < -0.39 is 0 Å². The third kappa shape index (κ3) is 1.65. The number of anilines is 1. The Morgan fingerprint density at radius 3 is 2.93 bits per heavy atom. The molecule has 0 bridgehead atoms. The van der Waals surface area contributed by atoms with E-state index in [9.17, 15) is 0 Å². The van der Waals surface area contributed by atoms with Crippen molar-refractivity contribution < 1.29 is 0 Å². The predicted octanol–water partition coefficient (Wildman–Crippen LogP) is 2.03. The summed E-state index contributed by atoms with van der Waals surface area (Å²) < 4.78 is 0. The molecule has 0 aliphatic carbocycles. The normalized spacial score (nSPS) is 19.3. The van der Waals surface area contributed by atoms with E-state index in [4.69, 9.17) is 0 Å². The van der Waals surface area contributed by atoms with Crippen LogP contribution in [0.15, 0.2) is 24.3 Å². The summed E-state index contributed by atoms with van der Waals surface area (Å²) in [7, 11) is 0. The van der Waals surface area contributed by atoms with Gasteiger partial charge in [-0.05, 0) is 48.2 Å². The van der Waals surface area contributed by atoms with Crippen molar-refractivity contribution >= 4 is 11.3 Å². The van der Waals surface area contributed by atoms with Crippen LogP contribution >= 0.6 is 0 Å². The topological polar surface area (TPSA) is 24.1 Å². The number of benzene rings is 1. The Labute approximate surface area is 90.4 Å². The first kappa shape index (κ1) is 8.98. The zero-order chi connectivity index (χ0) is 10.1. The second kappa shape index (κ2) is 3.70. The first-order valence-corrected chi connectivity index (χ1v) is 5.70. The van der Waals surface area contributed by atoms with Crippen LogP contribution in [-0.2, 0) is 6.42 Å². The molecule has 1 aromatic rings. The minimum Gasteiger partial charge on any atom is -0.384 e. The van der Waals surface area contributed by atoms with E-state index in [0.29, 0.717) is 0 Å². The first-order chi connectivity index (χ1) is 7.43. The van der Waals surface area contributed by atoms with Crippen LogP contribution in [0.3, 0.4) is 0 Å². The fourth-order valence-electron chi connectivity index (χ4n) is 2.39.